The van der Waals surface area contributed by atoms with E-state index >= 15 is 0 Å². The lowest BCUT2D eigenvalue weighted by molar-refractivity contribution is 0.395. The van der Waals surface area contributed by atoms with Crippen molar-refractivity contribution in [3.05, 3.63) is 18.3 Å². The van der Waals surface area contributed by atoms with Gasteiger partial charge >= 0.3 is 0 Å². The maximum Gasteiger partial charge on any atom is 0.244 e. The molecule has 1 fully saturated rings. The SMILES string of the molecule is CCCCN(C1CC1)S(=O)(=O)c1ccc(NC)nc1. The van der Waals surface area contributed by atoms with Crippen molar-refractivity contribution < 1.29 is 8.42 Å². The highest BCUT2D eigenvalue weighted by Crippen LogP contribution is 2.32. The Morgan fingerprint density at radius 2 is 2.16 bits per heavy atom. The summed E-state index contributed by atoms with van der Waals surface area (Å²) >= 11 is 0. The summed E-state index contributed by atoms with van der Waals surface area (Å²) in [5, 5.41) is 2.88. The van der Waals surface area contributed by atoms with Gasteiger partial charge in [0.05, 0.1) is 0 Å². The van der Waals surface area contributed by atoms with Gasteiger partial charge in [0.2, 0.25) is 10.0 Å². The van der Waals surface area contributed by atoms with Crippen LogP contribution in [0.25, 0.3) is 0 Å². The number of aromatic nitrogens is 1. The van der Waals surface area contributed by atoms with Gasteiger partial charge in [-0.15, -0.1) is 0 Å². The number of pyridine rings is 1. The van der Waals surface area contributed by atoms with E-state index in [0.717, 1.165) is 25.7 Å². The smallest absolute Gasteiger partial charge is 0.244 e. The highest BCUT2D eigenvalue weighted by Gasteiger charge is 2.37. The molecule has 0 amide bonds. The Kier molecular flexibility index (Phi) is 4.42. The molecule has 5 nitrogen and oxygen atoms in total. The second-order valence-electron chi connectivity index (χ2n) is 4.83. The van der Waals surface area contributed by atoms with E-state index in [1.54, 1.807) is 23.5 Å². The van der Waals surface area contributed by atoms with E-state index in [4.69, 9.17) is 0 Å². The van der Waals surface area contributed by atoms with Crippen LogP contribution in [-0.2, 0) is 10.0 Å². The first kappa shape index (κ1) is 14.3. The van der Waals surface area contributed by atoms with E-state index in [-0.39, 0.29) is 10.9 Å². The molecule has 0 bridgehead atoms. The van der Waals surface area contributed by atoms with E-state index in [9.17, 15) is 8.42 Å². The first-order valence-corrected chi connectivity index (χ1v) is 8.19. The second-order valence-corrected chi connectivity index (χ2v) is 6.72. The van der Waals surface area contributed by atoms with Gasteiger partial charge in [-0.3, -0.25) is 0 Å². The zero-order chi connectivity index (χ0) is 13.9. The van der Waals surface area contributed by atoms with Gasteiger partial charge in [-0.1, -0.05) is 13.3 Å². The number of anilines is 1. The van der Waals surface area contributed by atoms with Crippen molar-refractivity contribution in [2.75, 3.05) is 18.9 Å². The number of rotatable bonds is 7. The lowest BCUT2D eigenvalue weighted by Gasteiger charge is -2.21. The molecule has 1 aromatic rings. The van der Waals surface area contributed by atoms with E-state index in [2.05, 4.69) is 17.2 Å². The Hall–Kier alpha value is -1.14. The molecule has 0 spiro atoms. The highest BCUT2D eigenvalue weighted by atomic mass is 32.2. The number of sulfonamides is 1. The van der Waals surface area contributed by atoms with Gasteiger partial charge in [0.25, 0.3) is 0 Å². The van der Waals surface area contributed by atoms with Crippen molar-refractivity contribution in [3.63, 3.8) is 0 Å². The number of nitrogens with one attached hydrogen (secondary N) is 1. The number of hydrogen-bond acceptors (Lipinski definition) is 4. The largest absolute Gasteiger partial charge is 0.373 e. The minimum atomic E-state index is -3.39. The average molecular weight is 283 g/mol. The third kappa shape index (κ3) is 3.25. The molecular weight excluding hydrogens is 262 g/mol. The molecule has 0 aliphatic heterocycles. The average Bonchev–Trinajstić information content (AvgIpc) is 3.23. The molecule has 0 radical (unpaired) electrons. The second kappa shape index (κ2) is 5.88. The maximum atomic E-state index is 12.6. The summed E-state index contributed by atoms with van der Waals surface area (Å²) in [7, 11) is -1.63. The minimum Gasteiger partial charge on any atom is -0.373 e. The van der Waals surface area contributed by atoms with Gasteiger partial charge in [-0.25, -0.2) is 13.4 Å². The summed E-state index contributed by atoms with van der Waals surface area (Å²) in [5.74, 6) is 0.672. The zero-order valence-electron chi connectivity index (χ0n) is 11.5. The lowest BCUT2D eigenvalue weighted by Crippen LogP contribution is -2.34. The normalized spacial score (nSPS) is 15.7. The molecule has 2 rings (SSSR count). The first-order valence-electron chi connectivity index (χ1n) is 6.75. The van der Waals surface area contributed by atoms with Crippen molar-refractivity contribution in [2.45, 2.75) is 43.5 Å². The lowest BCUT2D eigenvalue weighted by atomic mass is 10.3. The highest BCUT2D eigenvalue weighted by molar-refractivity contribution is 7.89. The van der Waals surface area contributed by atoms with E-state index < -0.39 is 10.0 Å². The van der Waals surface area contributed by atoms with Crippen LogP contribution in [0.1, 0.15) is 32.6 Å². The van der Waals surface area contributed by atoms with Crippen molar-refractivity contribution in [3.8, 4) is 0 Å². The first-order chi connectivity index (χ1) is 9.09. The summed E-state index contributed by atoms with van der Waals surface area (Å²) in [6.07, 6.45) is 5.28. The molecule has 1 heterocycles. The van der Waals surface area contributed by atoms with Gasteiger partial charge in [-0.2, -0.15) is 4.31 Å². The Bertz CT molecular complexity index is 509. The van der Waals surface area contributed by atoms with Crippen molar-refractivity contribution in [2.24, 2.45) is 0 Å². The van der Waals surface area contributed by atoms with Gasteiger partial charge in [-0.05, 0) is 31.4 Å². The van der Waals surface area contributed by atoms with E-state index in [1.165, 1.54) is 6.20 Å². The molecular formula is C13H21N3O2S. The predicted octanol–water partition coefficient (Wildman–Crippen LogP) is 2.08. The molecule has 1 aliphatic carbocycles. The van der Waals surface area contributed by atoms with Crippen LogP contribution in [0.3, 0.4) is 0 Å². The molecule has 106 valence electrons. The van der Waals surface area contributed by atoms with Gasteiger partial charge < -0.3 is 5.32 Å². The zero-order valence-corrected chi connectivity index (χ0v) is 12.3. The van der Waals surface area contributed by atoms with E-state index in [0.29, 0.717) is 12.4 Å². The van der Waals surface area contributed by atoms with Crippen LogP contribution in [0.2, 0.25) is 0 Å². The monoisotopic (exact) mass is 283 g/mol. The summed E-state index contributed by atoms with van der Waals surface area (Å²) in [6, 6.07) is 3.51. The van der Waals surface area contributed by atoms with Crippen LogP contribution in [0.4, 0.5) is 5.82 Å². The Labute approximate surface area is 115 Å². The molecule has 19 heavy (non-hydrogen) atoms. The third-order valence-electron chi connectivity index (χ3n) is 3.29. The van der Waals surface area contributed by atoms with Gasteiger partial charge in [0.1, 0.15) is 10.7 Å². The van der Waals surface area contributed by atoms with Gasteiger partial charge in [0, 0.05) is 25.8 Å². The molecule has 0 saturated heterocycles. The van der Waals surface area contributed by atoms with Gasteiger partial charge in [0.15, 0.2) is 0 Å². The number of nitrogens with zero attached hydrogens (tertiary/aromatic N) is 2. The fraction of sp³-hybridized carbons (Fsp3) is 0.615. The number of hydrogen-bond donors (Lipinski definition) is 1. The van der Waals surface area contributed by atoms with Crippen LogP contribution < -0.4 is 5.32 Å². The molecule has 0 atom stereocenters. The van der Waals surface area contributed by atoms with E-state index in [1.807, 2.05) is 0 Å². The molecule has 1 saturated carbocycles. The molecule has 6 heteroatoms. The standard InChI is InChI=1S/C13H21N3O2S/c1-3-4-9-16(11-5-6-11)19(17,18)12-7-8-13(14-2)15-10-12/h7-8,10-11H,3-6,9H2,1-2H3,(H,14,15). The molecule has 1 aliphatic rings. The maximum absolute atomic E-state index is 12.6. The van der Waals surface area contributed by atoms with Crippen LogP contribution in [0.5, 0.6) is 0 Å². The van der Waals surface area contributed by atoms with Crippen LogP contribution in [-0.4, -0.2) is 37.3 Å². The predicted molar refractivity (Wildman–Crippen MR) is 75.6 cm³/mol. The third-order valence-corrected chi connectivity index (χ3v) is 5.22. The van der Waals surface area contributed by atoms with Crippen molar-refractivity contribution in [1.29, 1.82) is 0 Å². The Morgan fingerprint density at radius 1 is 1.42 bits per heavy atom. The summed E-state index contributed by atoms with van der Waals surface area (Å²) in [6.45, 7) is 2.68. The number of unbranched alkanes of at least 4 members (excludes halogenated alkanes) is 1. The fourth-order valence-electron chi connectivity index (χ4n) is 1.99. The quantitative estimate of drug-likeness (QED) is 0.832. The molecule has 0 unspecified atom stereocenters. The minimum absolute atomic E-state index is 0.195. The Morgan fingerprint density at radius 3 is 2.63 bits per heavy atom. The summed E-state index contributed by atoms with van der Waals surface area (Å²) in [5.41, 5.74) is 0. The topological polar surface area (TPSA) is 62.3 Å². The Balaban J connectivity index is 2.22. The summed E-state index contributed by atoms with van der Waals surface area (Å²) in [4.78, 5) is 4.38. The fourth-order valence-corrected chi connectivity index (χ4v) is 3.66. The summed E-state index contributed by atoms with van der Waals surface area (Å²) < 4.78 is 26.8. The molecule has 1 N–H and O–H groups in total. The van der Waals surface area contributed by atoms with Crippen LogP contribution in [0, 0.1) is 0 Å². The van der Waals surface area contributed by atoms with Crippen LogP contribution >= 0.6 is 0 Å². The van der Waals surface area contributed by atoms with Crippen molar-refractivity contribution in [1.82, 2.24) is 9.29 Å². The molecule has 0 aromatic carbocycles. The van der Waals surface area contributed by atoms with Crippen molar-refractivity contribution >= 4 is 15.8 Å². The molecule has 1 aromatic heterocycles. The van der Waals surface area contributed by atoms with Crippen LogP contribution in [0.15, 0.2) is 23.2 Å².